The molecule has 0 spiro atoms. The van der Waals surface area contributed by atoms with Crippen molar-refractivity contribution in [3.8, 4) is 0 Å². The minimum Gasteiger partial charge on any atom is -0.460 e. The highest BCUT2D eigenvalue weighted by Crippen LogP contribution is 2.09. The molecule has 0 saturated carbocycles. The summed E-state index contributed by atoms with van der Waals surface area (Å²) in [5.41, 5.74) is 0. The average Bonchev–Trinajstić information content (AvgIpc) is 2.71. The summed E-state index contributed by atoms with van der Waals surface area (Å²) in [7, 11) is 0. The Morgan fingerprint density at radius 2 is 2.19 bits per heavy atom. The van der Waals surface area contributed by atoms with E-state index >= 15 is 0 Å². The summed E-state index contributed by atoms with van der Waals surface area (Å²) in [6.45, 7) is 1.50. The zero-order valence-corrected chi connectivity index (χ0v) is 9.18. The molecule has 1 heterocycles. The first-order valence-electron chi connectivity index (χ1n) is 5.14. The summed E-state index contributed by atoms with van der Waals surface area (Å²) in [6.07, 6.45) is 0.0709. The second-order valence-corrected chi connectivity index (χ2v) is 3.57. The lowest BCUT2D eigenvalue weighted by atomic mass is 10.2. The van der Waals surface area contributed by atoms with Crippen LogP contribution in [0.15, 0.2) is 16.5 Å². The molecule has 0 bridgehead atoms. The molecule has 0 aliphatic carbocycles. The van der Waals surface area contributed by atoms with Crippen molar-refractivity contribution in [2.45, 2.75) is 39.1 Å². The van der Waals surface area contributed by atoms with Crippen molar-refractivity contribution >= 4 is 5.97 Å². The molecule has 0 amide bonds. The summed E-state index contributed by atoms with van der Waals surface area (Å²) in [6, 6.07) is 3.27. The normalized spacial score (nSPS) is 12.4. The molecule has 1 aromatic rings. The Bertz CT molecular complexity index is 329. The van der Waals surface area contributed by atoms with Gasteiger partial charge in [-0.15, -0.1) is 0 Å². The SMILES string of the molecule is CC(O)CCC(=O)OCc1ccc(CO)o1. The molecule has 0 aliphatic heterocycles. The van der Waals surface area contributed by atoms with Gasteiger partial charge in [0.25, 0.3) is 0 Å². The zero-order valence-electron chi connectivity index (χ0n) is 9.18. The number of furan rings is 1. The van der Waals surface area contributed by atoms with E-state index in [0.717, 1.165) is 0 Å². The summed E-state index contributed by atoms with van der Waals surface area (Å²) in [5.74, 6) is 0.562. The molecule has 2 N–H and O–H groups in total. The third kappa shape index (κ3) is 4.46. The third-order valence-corrected chi connectivity index (χ3v) is 2.01. The average molecular weight is 228 g/mol. The Morgan fingerprint density at radius 3 is 2.75 bits per heavy atom. The molecule has 0 fully saturated rings. The van der Waals surface area contributed by atoms with Crippen molar-refractivity contribution in [2.24, 2.45) is 0 Å². The van der Waals surface area contributed by atoms with Crippen LogP contribution >= 0.6 is 0 Å². The lowest BCUT2D eigenvalue weighted by molar-refractivity contribution is -0.146. The van der Waals surface area contributed by atoms with Gasteiger partial charge in [0, 0.05) is 6.42 Å². The van der Waals surface area contributed by atoms with Gasteiger partial charge < -0.3 is 19.4 Å². The lowest BCUT2D eigenvalue weighted by Crippen LogP contribution is -2.08. The van der Waals surface area contributed by atoms with Gasteiger partial charge in [0.15, 0.2) is 0 Å². The Labute approximate surface area is 93.6 Å². The predicted octanol–water partition coefficient (Wildman–Crippen LogP) is 0.976. The van der Waals surface area contributed by atoms with Crippen LogP contribution in [0.5, 0.6) is 0 Å². The molecular weight excluding hydrogens is 212 g/mol. The number of aliphatic hydroxyl groups is 2. The maximum atomic E-state index is 11.2. The fourth-order valence-corrected chi connectivity index (χ4v) is 1.14. The van der Waals surface area contributed by atoms with Crippen LogP contribution in [0.25, 0.3) is 0 Å². The van der Waals surface area contributed by atoms with Crippen LogP contribution in [0.2, 0.25) is 0 Å². The van der Waals surface area contributed by atoms with Gasteiger partial charge in [-0.3, -0.25) is 4.79 Å². The fraction of sp³-hybridized carbons (Fsp3) is 0.545. The topological polar surface area (TPSA) is 79.9 Å². The summed E-state index contributed by atoms with van der Waals surface area (Å²) in [5, 5.41) is 17.7. The highest BCUT2D eigenvalue weighted by atomic mass is 16.5. The van der Waals surface area contributed by atoms with Crippen LogP contribution in [0.3, 0.4) is 0 Å². The Morgan fingerprint density at radius 1 is 1.50 bits per heavy atom. The minimum absolute atomic E-state index is 0.0542. The second-order valence-electron chi connectivity index (χ2n) is 3.57. The monoisotopic (exact) mass is 228 g/mol. The number of aliphatic hydroxyl groups excluding tert-OH is 2. The fourth-order valence-electron chi connectivity index (χ4n) is 1.14. The minimum atomic E-state index is -0.503. The smallest absolute Gasteiger partial charge is 0.306 e. The van der Waals surface area contributed by atoms with Gasteiger partial charge in [0.2, 0.25) is 0 Å². The molecule has 16 heavy (non-hydrogen) atoms. The molecule has 0 saturated heterocycles. The lowest BCUT2D eigenvalue weighted by Gasteiger charge is -2.04. The highest BCUT2D eigenvalue weighted by Gasteiger charge is 2.07. The quantitative estimate of drug-likeness (QED) is 0.709. The van der Waals surface area contributed by atoms with Gasteiger partial charge in [-0.05, 0) is 25.5 Å². The van der Waals surface area contributed by atoms with Gasteiger partial charge >= 0.3 is 5.97 Å². The summed E-state index contributed by atoms with van der Waals surface area (Å²) < 4.78 is 10.0. The van der Waals surface area contributed by atoms with Gasteiger partial charge in [-0.2, -0.15) is 0 Å². The number of carbonyl (C=O) groups excluding carboxylic acids is 1. The molecule has 0 aromatic carbocycles. The molecule has 0 aliphatic rings. The molecule has 0 radical (unpaired) electrons. The number of ether oxygens (including phenoxy) is 1. The van der Waals surface area contributed by atoms with Crippen molar-refractivity contribution < 1.29 is 24.2 Å². The third-order valence-electron chi connectivity index (χ3n) is 2.01. The van der Waals surface area contributed by atoms with E-state index in [9.17, 15) is 4.79 Å². The Hall–Kier alpha value is -1.33. The standard InChI is InChI=1S/C11H16O5/c1-8(13)2-5-11(14)15-7-10-4-3-9(6-12)16-10/h3-4,8,12-13H,2,5-7H2,1H3. The van der Waals surface area contributed by atoms with Crippen molar-refractivity contribution in [3.63, 3.8) is 0 Å². The number of hydrogen-bond acceptors (Lipinski definition) is 5. The van der Waals surface area contributed by atoms with E-state index in [2.05, 4.69) is 0 Å². The molecule has 1 aromatic heterocycles. The first kappa shape index (κ1) is 12.7. The molecule has 1 unspecified atom stereocenters. The molecule has 5 heteroatoms. The van der Waals surface area contributed by atoms with Crippen molar-refractivity contribution in [1.82, 2.24) is 0 Å². The van der Waals surface area contributed by atoms with Crippen LogP contribution < -0.4 is 0 Å². The number of rotatable bonds is 6. The van der Waals surface area contributed by atoms with E-state index in [0.29, 0.717) is 17.9 Å². The maximum absolute atomic E-state index is 11.2. The Balaban J connectivity index is 2.26. The van der Waals surface area contributed by atoms with Crippen LogP contribution in [-0.4, -0.2) is 22.3 Å². The maximum Gasteiger partial charge on any atom is 0.306 e. The second kappa shape index (κ2) is 6.30. The van der Waals surface area contributed by atoms with Crippen LogP contribution in [0, 0.1) is 0 Å². The zero-order chi connectivity index (χ0) is 12.0. The Kier molecular flexibility index (Phi) is 5.01. The first-order chi connectivity index (χ1) is 7.61. The molecule has 1 rings (SSSR count). The van der Waals surface area contributed by atoms with Gasteiger partial charge in [-0.1, -0.05) is 0 Å². The molecular formula is C11H16O5. The number of esters is 1. The van der Waals surface area contributed by atoms with E-state index in [4.69, 9.17) is 19.4 Å². The molecule has 90 valence electrons. The van der Waals surface area contributed by atoms with E-state index in [1.54, 1.807) is 19.1 Å². The van der Waals surface area contributed by atoms with Gasteiger partial charge in [0.1, 0.15) is 24.7 Å². The number of carbonyl (C=O) groups is 1. The summed E-state index contributed by atoms with van der Waals surface area (Å²) in [4.78, 5) is 11.2. The van der Waals surface area contributed by atoms with Crippen molar-refractivity contribution in [1.29, 1.82) is 0 Å². The number of hydrogen-bond donors (Lipinski definition) is 2. The van der Waals surface area contributed by atoms with Gasteiger partial charge in [-0.25, -0.2) is 0 Å². The van der Waals surface area contributed by atoms with Crippen LogP contribution in [-0.2, 0) is 22.7 Å². The largest absolute Gasteiger partial charge is 0.460 e. The van der Waals surface area contributed by atoms with E-state index in [-0.39, 0.29) is 25.6 Å². The summed E-state index contributed by atoms with van der Waals surface area (Å²) >= 11 is 0. The van der Waals surface area contributed by atoms with E-state index in [1.807, 2.05) is 0 Å². The van der Waals surface area contributed by atoms with Crippen molar-refractivity contribution in [2.75, 3.05) is 0 Å². The highest BCUT2D eigenvalue weighted by molar-refractivity contribution is 5.69. The van der Waals surface area contributed by atoms with Crippen LogP contribution in [0.4, 0.5) is 0 Å². The molecule has 1 atom stereocenters. The van der Waals surface area contributed by atoms with E-state index in [1.165, 1.54) is 0 Å². The first-order valence-corrected chi connectivity index (χ1v) is 5.14. The van der Waals surface area contributed by atoms with Crippen LogP contribution in [0.1, 0.15) is 31.3 Å². The predicted molar refractivity (Wildman–Crippen MR) is 55.3 cm³/mol. The van der Waals surface area contributed by atoms with E-state index < -0.39 is 6.10 Å². The van der Waals surface area contributed by atoms with Gasteiger partial charge in [0.05, 0.1) is 6.10 Å². The molecule has 5 nitrogen and oxygen atoms in total. The van der Waals surface area contributed by atoms with Crippen molar-refractivity contribution in [3.05, 3.63) is 23.7 Å².